The van der Waals surface area contributed by atoms with Gasteiger partial charge < -0.3 is 15.0 Å². The number of anilines is 1. The average molecular weight is 289 g/mol. The van der Waals surface area contributed by atoms with Crippen molar-refractivity contribution in [3.05, 3.63) is 24.0 Å². The molecule has 0 saturated heterocycles. The fourth-order valence-electron chi connectivity index (χ4n) is 2.42. The molecule has 0 aliphatic rings. The minimum atomic E-state index is -0.182. The summed E-state index contributed by atoms with van der Waals surface area (Å²) in [5.74, 6) is 1.28. The van der Waals surface area contributed by atoms with E-state index in [1.54, 1.807) is 0 Å². The van der Waals surface area contributed by atoms with Crippen LogP contribution in [0.2, 0.25) is 0 Å². The Bertz CT molecular complexity index is 632. The van der Waals surface area contributed by atoms with Crippen molar-refractivity contribution in [3.8, 4) is 0 Å². The van der Waals surface area contributed by atoms with Crippen LogP contribution in [-0.4, -0.2) is 22.1 Å². The smallest absolute Gasteiger partial charge is 0.307 e. The Labute approximate surface area is 125 Å². The quantitative estimate of drug-likeness (QED) is 0.655. The largest absolute Gasteiger partial charge is 0.466 e. The van der Waals surface area contributed by atoms with E-state index in [0.717, 1.165) is 23.3 Å². The summed E-state index contributed by atoms with van der Waals surface area (Å²) in [6.45, 7) is 7.10. The third-order valence-corrected chi connectivity index (χ3v) is 3.32. The third-order valence-electron chi connectivity index (χ3n) is 3.32. The van der Waals surface area contributed by atoms with Gasteiger partial charge >= 0.3 is 5.97 Å². The summed E-state index contributed by atoms with van der Waals surface area (Å²) in [6.07, 6.45) is 1.20. The Morgan fingerprint density at radius 3 is 2.86 bits per heavy atom. The first-order chi connectivity index (χ1) is 10.0. The fourth-order valence-corrected chi connectivity index (χ4v) is 2.42. The number of benzene rings is 1. The van der Waals surface area contributed by atoms with Gasteiger partial charge in [0.25, 0.3) is 0 Å². The van der Waals surface area contributed by atoms with Crippen LogP contribution in [0.15, 0.2) is 18.2 Å². The van der Waals surface area contributed by atoms with E-state index in [1.165, 1.54) is 0 Å². The molecule has 0 amide bonds. The van der Waals surface area contributed by atoms with Crippen LogP contribution in [0.4, 0.5) is 5.69 Å². The molecule has 2 N–H and O–H groups in total. The standard InChI is InChI=1S/C16H23N3O2/c1-4-21-15(20)8-9-19-13-7-5-6-12(17)16(13)18-14(19)10-11(2)3/h5-7,11H,4,8-10,17H2,1-3H3. The maximum absolute atomic E-state index is 11.6. The fraction of sp³-hybridized carbons (Fsp3) is 0.500. The molecule has 5 heteroatoms. The summed E-state index contributed by atoms with van der Waals surface area (Å²) < 4.78 is 7.09. The molecule has 114 valence electrons. The van der Waals surface area contributed by atoms with Crippen LogP contribution >= 0.6 is 0 Å². The molecule has 0 spiro atoms. The van der Waals surface area contributed by atoms with Crippen molar-refractivity contribution in [2.45, 2.75) is 40.2 Å². The van der Waals surface area contributed by atoms with E-state index in [9.17, 15) is 4.79 Å². The van der Waals surface area contributed by atoms with Crippen molar-refractivity contribution in [1.29, 1.82) is 0 Å². The zero-order valence-corrected chi connectivity index (χ0v) is 12.9. The highest BCUT2D eigenvalue weighted by molar-refractivity contribution is 5.87. The van der Waals surface area contributed by atoms with Crippen molar-refractivity contribution >= 4 is 22.7 Å². The van der Waals surface area contributed by atoms with Crippen molar-refractivity contribution in [2.24, 2.45) is 5.92 Å². The second kappa shape index (κ2) is 6.61. The number of esters is 1. The zero-order chi connectivity index (χ0) is 15.4. The summed E-state index contributed by atoms with van der Waals surface area (Å²) in [5.41, 5.74) is 8.48. The minimum Gasteiger partial charge on any atom is -0.466 e. The van der Waals surface area contributed by atoms with Crippen LogP contribution in [0.25, 0.3) is 11.0 Å². The van der Waals surface area contributed by atoms with Crippen LogP contribution in [0.3, 0.4) is 0 Å². The Hall–Kier alpha value is -2.04. The number of nitrogen functional groups attached to an aromatic ring is 1. The van der Waals surface area contributed by atoms with Gasteiger partial charge in [-0.15, -0.1) is 0 Å². The molecule has 1 aromatic carbocycles. The lowest BCUT2D eigenvalue weighted by Gasteiger charge is -2.10. The number of fused-ring (bicyclic) bond motifs is 1. The molecule has 2 rings (SSSR count). The lowest BCUT2D eigenvalue weighted by Crippen LogP contribution is -2.12. The lowest BCUT2D eigenvalue weighted by atomic mass is 10.1. The van der Waals surface area contributed by atoms with E-state index in [2.05, 4.69) is 23.4 Å². The van der Waals surface area contributed by atoms with Gasteiger partial charge in [-0.2, -0.15) is 0 Å². The zero-order valence-electron chi connectivity index (χ0n) is 12.9. The van der Waals surface area contributed by atoms with Crippen molar-refractivity contribution in [3.63, 3.8) is 0 Å². The third kappa shape index (κ3) is 3.54. The molecule has 0 unspecified atom stereocenters. The Kier molecular flexibility index (Phi) is 4.83. The van der Waals surface area contributed by atoms with Crippen LogP contribution in [0, 0.1) is 5.92 Å². The number of rotatable bonds is 6. The number of imidazole rings is 1. The second-order valence-electron chi connectivity index (χ2n) is 5.55. The first-order valence-electron chi connectivity index (χ1n) is 7.42. The maximum Gasteiger partial charge on any atom is 0.307 e. The molecule has 1 aromatic heterocycles. The Balaban J connectivity index is 2.33. The van der Waals surface area contributed by atoms with E-state index >= 15 is 0 Å². The van der Waals surface area contributed by atoms with E-state index in [-0.39, 0.29) is 5.97 Å². The van der Waals surface area contributed by atoms with Gasteiger partial charge in [-0.1, -0.05) is 19.9 Å². The molecule has 0 fully saturated rings. The summed E-state index contributed by atoms with van der Waals surface area (Å²) in [6, 6.07) is 5.76. The number of ether oxygens (including phenoxy) is 1. The molecule has 0 aliphatic carbocycles. The second-order valence-corrected chi connectivity index (χ2v) is 5.55. The molecule has 5 nitrogen and oxygen atoms in total. The summed E-state index contributed by atoms with van der Waals surface area (Å²) in [4.78, 5) is 16.3. The summed E-state index contributed by atoms with van der Waals surface area (Å²) in [7, 11) is 0. The van der Waals surface area contributed by atoms with E-state index in [1.807, 2.05) is 25.1 Å². The summed E-state index contributed by atoms with van der Waals surface area (Å²) >= 11 is 0. The van der Waals surface area contributed by atoms with Gasteiger partial charge in [0.15, 0.2) is 0 Å². The molecule has 0 bridgehead atoms. The predicted molar refractivity (Wildman–Crippen MR) is 83.9 cm³/mol. The number of nitrogens with zero attached hydrogens (tertiary/aromatic N) is 2. The Morgan fingerprint density at radius 2 is 2.19 bits per heavy atom. The molecule has 21 heavy (non-hydrogen) atoms. The van der Waals surface area contributed by atoms with Gasteiger partial charge in [0.2, 0.25) is 0 Å². The minimum absolute atomic E-state index is 0.182. The highest BCUT2D eigenvalue weighted by atomic mass is 16.5. The molecule has 0 radical (unpaired) electrons. The average Bonchev–Trinajstić information content (AvgIpc) is 2.75. The normalized spacial score (nSPS) is 11.2. The van der Waals surface area contributed by atoms with Crippen LogP contribution < -0.4 is 5.73 Å². The van der Waals surface area contributed by atoms with Gasteiger partial charge in [-0.05, 0) is 25.0 Å². The number of carbonyl (C=O) groups excluding carboxylic acids is 1. The van der Waals surface area contributed by atoms with Gasteiger partial charge in [0.1, 0.15) is 11.3 Å². The van der Waals surface area contributed by atoms with Gasteiger partial charge in [0.05, 0.1) is 24.2 Å². The van der Waals surface area contributed by atoms with E-state index < -0.39 is 0 Å². The van der Waals surface area contributed by atoms with Crippen molar-refractivity contribution in [1.82, 2.24) is 9.55 Å². The van der Waals surface area contributed by atoms with Gasteiger partial charge in [-0.3, -0.25) is 4.79 Å². The number of nitrogens with two attached hydrogens (primary N) is 1. The molecule has 0 saturated carbocycles. The SMILES string of the molecule is CCOC(=O)CCn1c(CC(C)C)nc2c(N)cccc21. The predicted octanol–water partition coefficient (Wildman–Crippen LogP) is 2.77. The van der Waals surface area contributed by atoms with E-state index in [0.29, 0.717) is 31.2 Å². The van der Waals surface area contributed by atoms with Crippen molar-refractivity contribution < 1.29 is 9.53 Å². The number of aromatic nitrogens is 2. The highest BCUT2D eigenvalue weighted by Gasteiger charge is 2.14. The molecule has 1 heterocycles. The first-order valence-corrected chi connectivity index (χ1v) is 7.42. The number of aryl methyl sites for hydroxylation is 1. The Morgan fingerprint density at radius 1 is 1.43 bits per heavy atom. The molecule has 2 aromatic rings. The monoisotopic (exact) mass is 289 g/mol. The van der Waals surface area contributed by atoms with Gasteiger partial charge in [-0.25, -0.2) is 4.98 Å². The molecule has 0 atom stereocenters. The maximum atomic E-state index is 11.6. The molecule has 0 aliphatic heterocycles. The number of hydrogen-bond donors (Lipinski definition) is 1. The molecular formula is C16H23N3O2. The number of para-hydroxylation sites is 1. The number of carbonyl (C=O) groups is 1. The summed E-state index contributed by atoms with van der Waals surface area (Å²) in [5, 5.41) is 0. The van der Waals surface area contributed by atoms with Gasteiger partial charge in [0, 0.05) is 13.0 Å². The lowest BCUT2D eigenvalue weighted by molar-refractivity contribution is -0.143. The topological polar surface area (TPSA) is 70.1 Å². The van der Waals surface area contributed by atoms with Crippen LogP contribution in [0.1, 0.15) is 33.0 Å². The van der Waals surface area contributed by atoms with E-state index in [4.69, 9.17) is 10.5 Å². The van der Waals surface area contributed by atoms with Crippen molar-refractivity contribution in [2.75, 3.05) is 12.3 Å². The van der Waals surface area contributed by atoms with Crippen LogP contribution in [0.5, 0.6) is 0 Å². The number of hydrogen-bond acceptors (Lipinski definition) is 4. The highest BCUT2D eigenvalue weighted by Crippen LogP contribution is 2.23. The molecular weight excluding hydrogens is 266 g/mol. The first kappa shape index (κ1) is 15.4. The van der Waals surface area contributed by atoms with Crippen LogP contribution in [-0.2, 0) is 22.5 Å².